The molecule has 1 atom stereocenters. The summed E-state index contributed by atoms with van der Waals surface area (Å²) in [5.41, 5.74) is 0.211. The maximum absolute atomic E-state index is 12.3. The number of piperidine rings is 1. The molecule has 1 aliphatic rings. The molecule has 144 valence electrons. The molecule has 1 fully saturated rings. The third-order valence-corrected chi connectivity index (χ3v) is 4.44. The smallest absolute Gasteiger partial charge is 0.338 e. The molecule has 1 saturated heterocycles. The molecule has 0 aliphatic carbocycles. The number of amides is 1. The van der Waals surface area contributed by atoms with Crippen LogP contribution in [0, 0.1) is 5.92 Å². The van der Waals surface area contributed by atoms with Crippen LogP contribution in [0.2, 0.25) is 5.02 Å². The maximum Gasteiger partial charge on any atom is 0.338 e. The predicted octanol–water partition coefficient (Wildman–Crippen LogP) is 3.55. The number of likely N-dealkylation sites (tertiary alicyclic amines) is 1. The Hall–Kier alpha value is -1.95. The van der Waals surface area contributed by atoms with E-state index in [0.29, 0.717) is 30.5 Å². The van der Waals surface area contributed by atoms with Crippen LogP contribution >= 0.6 is 11.6 Å². The SMILES string of the molecule is COc1cc(C(=O)OCC(=O)N2CCC[C@@H](C)C2)cc(Cl)c1OC(C)C. The second-order valence-corrected chi connectivity index (χ2v) is 7.23. The van der Waals surface area contributed by atoms with Gasteiger partial charge in [0.2, 0.25) is 0 Å². The van der Waals surface area contributed by atoms with Gasteiger partial charge in [0.05, 0.1) is 23.8 Å². The lowest BCUT2D eigenvalue weighted by atomic mass is 10.0. The molecule has 0 spiro atoms. The van der Waals surface area contributed by atoms with Crippen LogP contribution in [-0.2, 0) is 9.53 Å². The zero-order chi connectivity index (χ0) is 19.3. The third kappa shape index (κ3) is 5.27. The van der Waals surface area contributed by atoms with Crippen LogP contribution in [0.4, 0.5) is 0 Å². The Labute approximate surface area is 159 Å². The molecule has 0 aromatic heterocycles. The number of carbonyl (C=O) groups excluding carboxylic acids is 2. The third-order valence-electron chi connectivity index (χ3n) is 4.16. The van der Waals surface area contributed by atoms with Gasteiger partial charge >= 0.3 is 5.97 Å². The average molecular weight is 384 g/mol. The molecule has 0 saturated carbocycles. The minimum absolute atomic E-state index is 0.0937. The van der Waals surface area contributed by atoms with Gasteiger partial charge in [-0.05, 0) is 44.7 Å². The van der Waals surface area contributed by atoms with E-state index < -0.39 is 5.97 Å². The first-order valence-electron chi connectivity index (χ1n) is 8.81. The Morgan fingerprint density at radius 2 is 2.08 bits per heavy atom. The van der Waals surface area contributed by atoms with Gasteiger partial charge in [-0.3, -0.25) is 4.79 Å². The van der Waals surface area contributed by atoms with Crippen molar-refractivity contribution in [2.75, 3.05) is 26.8 Å². The van der Waals surface area contributed by atoms with Crippen molar-refractivity contribution in [3.8, 4) is 11.5 Å². The van der Waals surface area contributed by atoms with E-state index in [-0.39, 0.29) is 29.2 Å². The number of nitrogens with zero attached hydrogens (tertiary/aromatic N) is 1. The summed E-state index contributed by atoms with van der Waals surface area (Å²) in [6, 6.07) is 2.96. The number of benzene rings is 1. The number of ether oxygens (including phenoxy) is 3. The lowest BCUT2D eigenvalue weighted by Gasteiger charge is -2.30. The summed E-state index contributed by atoms with van der Waals surface area (Å²) < 4.78 is 16.0. The largest absolute Gasteiger partial charge is 0.493 e. The average Bonchev–Trinajstić information content (AvgIpc) is 2.60. The molecule has 2 rings (SSSR count). The van der Waals surface area contributed by atoms with Gasteiger partial charge in [0.15, 0.2) is 18.1 Å². The van der Waals surface area contributed by atoms with E-state index in [1.165, 1.54) is 19.2 Å². The van der Waals surface area contributed by atoms with Crippen molar-refractivity contribution in [3.63, 3.8) is 0 Å². The van der Waals surface area contributed by atoms with Crippen LogP contribution < -0.4 is 9.47 Å². The summed E-state index contributed by atoms with van der Waals surface area (Å²) in [4.78, 5) is 26.3. The van der Waals surface area contributed by atoms with Gasteiger partial charge < -0.3 is 19.1 Å². The van der Waals surface area contributed by atoms with Gasteiger partial charge in [-0.15, -0.1) is 0 Å². The highest BCUT2D eigenvalue weighted by molar-refractivity contribution is 6.32. The van der Waals surface area contributed by atoms with E-state index in [9.17, 15) is 9.59 Å². The molecule has 6 nitrogen and oxygen atoms in total. The van der Waals surface area contributed by atoms with Gasteiger partial charge in [0, 0.05) is 13.1 Å². The highest BCUT2D eigenvalue weighted by Crippen LogP contribution is 2.37. The molecular weight excluding hydrogens is 358 g/mol. The van der Waals surface area contributed by atoms with Gasteiger partial charge in [0.25, 0.3) is 5.91 Å². The summed E-state index contributed by atoms with van der Waals surface area (Å²) >= 11 is 6.21. The summed E-state index contributed by atoms with van der Waals surface area (Å²) in [5.74, 6) is 0.385. The van der Waals surface area contributed by atoms with Crippen LogP contribution in [0.1, 0.15) is 44.0 Å². The monoisotopic (exact) mass is 383 g/mol. The van der Waals surface area contributed by atoms with Crippen LogP contribution in [0.15, 0.2) is 12.1 Å². The molecule has 1 aromatic carbocycles. The Morgan fingerprint density at radius 3 is 2.69 bits per heavy atom. The Morgan fingerprint density at radius 1 is 1.35 bits per heavy atom. The quantitative estimate of drug-likeness (QED) is 0.703. The molecule has 1 heterocycles. The highest BCUT2D eigenvalue weighted by atomic mass is 35.5. The highest BCUT2D eigenvalue weighted by Gasteiger charge is 2.23. The summed E-state index contributed by atoms with van der Waals surface area (Å²) in [7, 11) is 1.47. The molecule has 0 unspecified atom stereocenters. The number of methoxy groups -OCH3 is 1. The van der Waals surface area contributed by atoms with Crippen molar-refractivity contribution >= 4 is 23.5 Å². The molecule has 7 heteroatoms. The fourth-order valence-electron chi connectivity index (χ4n) is 2.91. The van der Waals surface area contributed by atoms with E-state index in [2.05, 4.69) is 6.92 Å². The first kappa shape index (κ1) is 20.4. The number of esters is 1. The van der Waals surface area contributed by atoms with Crippen LogP contribution in [0.25, 0.3) is 0 Å². The number of halogens is 1. The van der Waals surface area contributed by atoms with Crippen molar-refractivity contribution in [3.05, 3.63) is 22.7 Å². The van der Waals surface area contributed by atoms with Gasteiger partial charge in [-0.2, -0.15) is 0 Å². The zero-order valence-electron chi connectivity index (χ0n) is 15.7. The second-order valence-electron chi connectivity index (χ2n) is 6.82. The number of carbonyl (C=O) groups is 2. The fraction of sp³-hybridized carbons (Fsp3) is 0.579. The minimum atomic E-state index is -0.625. The molecule has 0 bridgehead atoms. The van der Waals surface area contributed by atoms with Crippen LogP contribution in [-0.4, -0.2) is 49.7 Å². The van der Waals surface area contributed by atoms with E-state index in [0.717, 1.165) is 12.8 Å². The van der Waals surface area contributed by atoms with E-state index in [1.807, 2.05) is 13.8 Å². The van der Waals surface area contributed by atoms with Gasteiger partial charge in [-0.1, -0.05) is 18.5 Å². The normalized spacial score (nSPS) is 17.2. The van der Waals surface area contributed by atoms with Crippen molar-refractivity contribution < 1.29 is 23.8 Å². The van der Waals surface area contributed by atoms with Gasteiger partial charge in [-0.25, -0.2) is 4.79 Å². The van der Waals surface area contributed by atoms with E-state index >= 15 is 0 Å². The predicted molar refractivity (Wildman–Crippen MR) is 99.0 cm³/mol. The molecule has 26 heavy (non-hydrogen) atoms. The summed E-state index contributed by atoms with van der Waals surface area (Å²) in [6.45, 7) is 6.98. The van der Waals surface area contributed by atoms with E-state index in [1.54, 1.807) is 4.90 Å². The standard InChI is InChI=1S/C19H26ClNO5/c1-12(2)26-18-15(20)8-14(9-16(18)24-4)19(23)25-11-17(22)21-7-5-6-13(3)10-21/h8-9,12-13H,5-7,10-11H2,1-4H3/t13-/m1/s1. The van der Waals surface area contributed by atoms with Crippen molar-refractivity contribution in [1.82, 2.24) is 4.90 Å². The lowest BCUT2D eigenvalue weighted by molar-refractivity contribution is -0.136. The molecular formula is C19H26ClNO5. The summed E-state index contributed by atoms with van der Waals surface area (Å²) in [5, 5.41) is 0.251. The Bertz CT molecular complexity index is 662. The topological polar surface area (TPSA) is 65.1 Å². The zero-order valence-corrected chi connectivity index (χ0v) is 16.5. The van der Waals surface area contributed by atoms with Crippen LogP contribution in [0.5, 0.6) is 11.5 Å². The van der Waals surface area contributed by atoms with Crippen molar-refractivity contribution in [1.29, 1.82) is 0 Å². The number of rotatable bonds is 6. The molecule has 1 amide bonds. The second kappa shape index (κ2) is 9.12. The lowest BCUT2D eigenvalue weighted by Crippen LogP contribution is -2.41. The Kier molecular flexibility index (Phi) is 7.14. The molecule has 1 aromatic rings. The molecule has 1 aliphatic heterocycles. The van der Waals surface area contributed by atoms with Crippen molar-refractivity contribution in [2.24, 2.45) is 5.92 Å². The summed E-state index contributed by atoms with van der Waals surface area (Å²) in [6.07, 6.45) is 2.00. The first-order chi connectivity index (χ1) is 12.3. The first-order valence-corrected chi connectivity index (χ1v) is 9.18. The maximum atomic E-state index is 12.3. The number of hydrogen-bond acceptors (Lipinski definition) is 5. The molecule has 0 N–H and O–H groups in total. The minimum Gasteiger partial charge on any atom is -0.493 e. The van der Waals surface area contributed by atoms with Crippen molar-refractivity contribution in [2.45, 2.75) is 39.7 Å². The van der Waals surface area contributed by atoms with Gasteiger partial charge in [0.1, 0.15) is 0 Å². The van der Waals surface area contributed by atoms with E-state index in [4.69, 9.17) is 25.8 Å². The van der Waals surface area contributed by atoms with Crippen LogP contribution in [0.3, 0.4) is 0 Å². The Balaban J connectivity index is 2.02. The molecule has 0 radical (unpaired) electrons. The fourth-order valence-corrected chi connectivity index (χ4v) is 3.16. The number of hydrogen-bond donors (Lipinski definition) is 0.